The number of amides is 1. The largest absolute Gasteiger partial charge is 0.338 e. The number of piperidine rings is 1. The second kappa shape index (κ2) is 5.66. The first-order valence-corrected chi connectivity index (χ1v) is 6.74. The minimum Gasteiger partial charge on any atom is -0.338 e. The van der Waals surface area contributed by atoms with Gasteiger partial charge in [0.25, 0.3) is 11.6 Å². The summed E-state index contributed by atoms with van der Waals surface area (Å²) < 4.78 is 0. The second-order valence-corrected chi connectivity index (χ2v) is 5.63. The molecule has 0 saturated carbocycles. The SMILES string of the molecule is CC1(C#N)CCN(C(=O)c2cc(Cl)ncc2[N+](=O)[O-])CC1. The van der Waals surface area contributed by atoms with Crippen molar-refractivity contribution < 1.29 is 9.72 Å². The Balaban J connectivity index is 2.24. The summed E-state index contributed by atoms with van der Waals surface area (Å²) in [5, 5.41) is 20.1. The molecule has 0 bridgehead atoms. The Morgan fingerprint density at radius 2 is 2.19 bits per heavy atom. The molecule has 0 atom stereocenters. The zero-order valence-electron chi connectivity index (χ0n) is 11.4. The third kappa shape index (κ3) is 3.11. The van der Waals surface area contributed by atoms with E-state index in [2.05, 4.69) is 11.1 Å². The van der Waals surface area contributed by atoms with E-state index in [1.54, 1.807) is 0 Å². The molecule has 1 aromatic heterocycles. The zero-order valence-corrected chi connectivity index (χ0v) is 12.1. The molecule has 2 heterocycles. The number of carbonyl (C=O) groups excluding carboxylic acids is 1. The average Bonchev–Trinajstić information content (AvgIpc) is 2.47. The fraction of sp³-hybridized carbons (Fsp3) is 0.462. The van der Waals surface area contributed by atoms with Crippen LogP contribution in [0.15, 0.2) is 12.3 Å². The molecule has 110 valence electrons. The van der Waals surface area contributed by atoms with Gasteiger partial charge in [0, 0.05) is 13.1 Å². The lowest BCUT2D eigenvalue weighted by atomic mass is 9.82. The molecule has 0 aromatic carbocycles. The topological polar surface area (TPSA) is 100 Å². The molecule has 0 N–H and O–H groups in total. The highest BCUT2D eigenvalue weighted by Gasteiger charge is 2.34. The summed E-state index contributed by atoms with van der Waals surface area (Å²) in [6.45, 7) is 2.63. The van der Waals surface area contributed by atoms with Crippen LogP contribution in [0.5, 0.6) is 0 Å². The van der Waals surface area contributed by atoms with Gasteiger partial charge in [0.05, 0.1) is 16.4 Å². The van der Waals surface area contributed by atoms with Gasteiger partial charge in [-0.05, 0) is 25.8 Å². The number of hydrogen-bond acceptors (Lipinski definition) is 5. The quantitative estimate of drug-likeness (QED) is 0.474. The van der Waals surface area contributed by atoms with Gasteiger partial charge in [0.15, 0.2) is 0 Å². The lowest BCUT2D eigenvalue weighted by molar-refractivity contribution is -0.385. The summed E-state index contributed by atoms with van der Waals surface area (Å²) in [4.78, 5) is 27.9. The molecule has 8 heteroatoms. The van der Waals surface area contributed by atoms with E-state index in [4.69, 9.17) is 16.9 Å². The molecule has 1 amide bonds. The molecule has 21 heavy (non-hydrogen) atoms. The lowest BCUT2D eigenvalue weighted by Crippen LogP contribution is -2.41. The molecule has 2 rings (SSSR count). The summed E-state index contributed by atoms with van der Waals surface area (Å²) in [5.41, 5.74) is -0.878. The molecule has 0 unspecified atom stereocenters. The Bertz CT molecular complexity index is 633. The van der Waals surface area contributed by atoms with E-state index in [0.717, 1.165) is 6.20 Å². The fourth-order valence-electron chi connectivity index (χ4n) is 2.22. The minimum atomic E-state index is -0.653. The molecule has 0 spiro atoms. The van der Waals surface area contributed by atoms with Gasteiger partial charge >= 0.3 is 0 Å². The second-order valence-electron chi connectivity index (χ2n) is 5.25. The predicted octanol–water partition coefficient (Wildman–Crippen LogP) is 2.41. The maximum atomic E-state index is 12.4. The first-order valence-electron chi connectivity index (χ1n) is 6.37. The van der Waals surface area contributed by atoms with Crippen molar-refractivity contribution in [3.8, 4) is 6.07 Å². The van der Waals surface area contributed by atoms with E-state index >= 15 is 0 Å². The maximum absolute atomic E-state index is 12.4. The van der Waals surface area contributed by atoms with Crippen molar-refractivity contribution in [3.63, 3.8) is 0 Å². The molecule has 0 radical (unpaired) electrons. The first-order chi connectivity index (χ1) is 9.86. The van der Waals surface area contributed by atoms with E-state index in [0.29, 0.717) is 25.9 Å². The van der Waals surface area contributed by atoms with Crippen molar-refractivity contribution in [3.05, 3.63) is 33.1 Å². The van der Waals surface area contributed by atoms with E-state index in [-0.39, 0.29) is 16.4 Å². The van der Waals surface area contributed by atoms with E-state index < -0.39 is 16.2 Å². The summed E-state index contributed by atoms with van der Waals surface area (Å²) in [6.07, 6.45) is 2.07. The van der Waals surface area contributed by atoms with Crippen molar-refractivity contribution in [2.24, 2.45) is 5.41 Å². The van der Waals surface area contributed by atoms with Gasteiger partial charge < -0.3 is 4.90 Å². The van der Waals surface area contributed by atoms with Gasteiger partial charge in [-0.2, -0.15) is 5.26 Å². The van der Waals surface area contributed by atoms with E-state index in [1.165, 1.54) is 11.0 Å². The van der Waals surface area contributed by atoms with Crippen molar-refractivity contribution in [2.45, 2.75) is 19.8 Å². The van der Waals surface area contributed by atoms with Crippen LogP contribution in [-0.4, -0.2) is 33.8 Å². The van der Waals surface area contributed by atoms with Crippen molar-refractivity contribution in [1.82, 2.24) is 9.88 Å². The Hall–Kier alpha value is -2.20. The highest BCUT2D eigenvalue weighted by Crippen LogP contribution is 2.31. The Kier molecular flexibility index (Phi) is 4.09. The van der Waals surface area contributed by atoms with Gasteiger partial charge in [-0.1, -0.05) is 11.6 Å². The van der Waals surface area contributed by atoms with Crippen LogP contribution in [0.4, 0.5) is 5.69 Å². The Morgan fingerprint density at radius 3 is 2.71 bits per heavy atom. The van der Waals surface area contributed by atoms with Crippen LogP contribution < -0.4 is 0 Å². The van der Waals surface area contributed by atoms with Crippen molar-refractivity contribution in [2.75, 3.05) is 13.1 Å². The normalized spacial score (nSPS) is 17.1. The van der Waals surface area contributed by atoms with Crippen molar-refractivity contribution in [1.29, 1.82) is 5.26 Å². The van der Waals surface area contributed by atoms with Gasteiger partial charge in [0.2, 0.25) is 0 Å². The highest BCUT2D eigenvalue weighted by molar-refractivity contribution is 6.29. The van der Waals surface area contributed by atoms with E-state index in [1.807, 2.05) is 6.92 Å². The third-order valence-corrected chi connectivity index (χ3v) is 3.91. The molecule has 1 aliphatic rings. The molecular weight excluding hydrogens is 296 g/mol. The van der Waals surface area contributed by atoms with Crippen LogP contribution in [0.3, 0.4) is 0 Å². The molecule has 1 aromatic rings. The number of likely N-dealkylation sites (tertiary alicyclic amines) is 1. The summed E-state index contributed by atoms with van der Waals surface area (Å²) >= 11 is 5.72. The third-order valence-electron chi connectivity index (χ3n) is 3.70. The first kappa shape index (κ1) is 15.2. The fourth-order valence-corrected chi connectivity index (χ4v) is 2.38. The number of pyridine rings is 1. The van der Waals surface area contributed by atoms with Gasteiger partial charge in [0.1, 0.15) is 16.9 Å². The standard InChI is InChI=1S/C13H13ClN4O3/c1-13(8-15)2-4-17(5-3-13)12(19)9-6-11(14)16-7-10(9)18(20)21/h6-7H,2-5H2,1H3. The van der Waals surface area contributed by atoms with Crippen LogP contribution in [0, 0.1) is 26.9 Å². The monoisotopic (exact) mass is 308 g/mol. The van der Waals surface area contributed by atoms with Crippen LogP contribution in [0.1, 0.15) is 30.1 Å². The van der Waals surface area contributed by atoms with Gasteiger partial charge in [-0.15, -0.1) is 0 Å². The smallest absolute Gasteiger partial charge is 0.300 e. The molecule has 0 aliphatic carbocycles. The predicted molar refractivity (Wildman–Crippen MR) is 74.8 cm³/mol. The van der Waals surface area contributed by atoms with Crippen LogP contribution >= 0.6 is 11.6 Å². The minimum absolute atomic E-state index is 0.0304. The summed E-state index contributed by atoms with van der Waals surface area (Å²) in [5.74, 6) is -0.453. The Labute approximate surface area is 126 Å². The number of hydrogen-bond donors (Lipinski definition) is 0. The van der Waals surface area contributed by atoms with Crippen LogP contribution in [0.2, 0.25) is 5.15 Å². The number of nitrogens with zero attached hydrogens (tertiary/aromatic N) is 4. The van der Waals surface area contributed by atoms with Crippen LogP contribution in [0.25, 0.3) is 0 Å². The van der Waals surface area contributed by atoms with Crippen LogP contribution in [-0.2, 0) is 0 Å². The molecule has 1 fully saturated rings. The van der Waals surface area contributed by atoms with Crippen molar-refractivity contribution >= 4 is 23.2 Å². The molecule has 1 aliphatic heterocycles. The maximum Gasteiger partial charge on any atom is 0.300 e. The summed E-state index contributed by atoms with van der Waals surface area (Å²) in [7, 11) is 0. The lowest BCUT2D eigenvalue weighted by Gasteiger charge is -2.34. The number of halogens is 1. The number of carbonyl (C=O) groups is 1. The number of nitro groups is 1. The van der Waals surface area contributed by atoms with Gasteiger partial charge in [-0.25, -0.2) is 4.98 Å². The molecule has 7 nitrogen and oxygen atoms in total. The Morgan fingerprint density at radius 1 is 1.57 bits per heavy atom. The molecular formula is C13H13ClN4O3. The number of aromatic nitrogens is 1. The average molecular weight is 309 g/mol. The summed E-state index contributed by atoms with van der Waals surface area (Å²) in [6, 6.07) is 3.45. The van der Waals surface area contributed by atoms with E-state index in [9.17, 15) is 14.9 Å². The number of nitriles is 1. The van der Waals surface area contributed by atoms with Gasteiger partial charge in [-0.3, -0.25) is 14.9 Å². The zero-order chi connectivity index (χ0) is 15.6. The number of rotatable bonds is 2. The highest BCUT2D eigenvalue weighted by atomic mass is 35.5. The molecule has 1 saturated heterocycles.